The summed E-state index contributed by atoms with van der Waals surface area (Å²) in [6.45, 7) is 1.61. The van der Waals surface area contributed by atoms with Crippen molar-refractivity contribution >= 4 is 0 Å². The second kappa shape index (κ2) is 11.0. The summed E-state index contributed by atoms with van der Waals surface area (Å²) < 4.78 is 5.50. The lowest BCUT2D eigenvalue weighted by Gasteiger charge is -2.13. The average molecular weight is 338 g/mol. The number of aliphatic hydroxyl groups excluding tert-OH is 2. The van der Waals surface area contributed by atoms with Crippen LogP contribution in [0.3, 0.4) is 0 Å². The summed E-state index contributed by atoms with van der Waals surface area (Å²) in [5.41, 5.74) is 0.934. The van der Waals surface area contributed by atoms with Crippen molar-refractivity contribution in [3.05, 3.63) is 66.2 Å². The van der Waals surface area contributed by atoms with E-state index >= 15 is 0 Å². The van der Waals surface area contributed by atoms with Crippen LogP contribution in [0.15, 0.2) is 60.7 Å². The van der Waals surface area contributed by atoms with E-state index < -0.39 is 12.2 Å². The maximum Gasteiger partial charge on any atom is 0.137 e. The van der Waals surface area contributed by atoms with Crippen LogP contribution in [-0.2, 0) is 0 Å². The predicted octanol–water partition coefficient (Wildman–Crippen LogP) is -1.88. The minimum Gasteiger partial charge on any atom is -1.00 e. The smallest absolute Gasteiger partial charge is 0.137 e. The van der Waals surface area contributed by atoms with Gasteiger partial charge in [0, 0.05) is 6.42 Å². The van der Waals surface area contributed by atoms with Crippen molar-refractivity contribution in [3.63, 3.8) is 0 Å². The lowest BCUT2D eigenvalue weighted by Crippen LogP contribution is -3.00. The zero-order valence-electron chi connectivity index (χ0n) is 13.0. The summed E-state index contributed by atoms with van der Waals surface area (Å²) in [5.74, 6) is 0.765. The van der Waals surface area contributed by atoms with E-state index in [0.29, 0.717) is 13.0 Å². The number of quaternary nitrogens is 1. The zero-order valence-corrected chi connectivity index (χ0v) is 13.8. The molecule has 2 aromatic carbocycles. The molecule has 0 aliphatic carbocycles. The molecule has 0 aliphatic heterocycles. The van der Waals surface area contributed by atoms with Crippen molar-refractivity contribution in [2.24, 2.45) is 0 Å². The van der Waals surface area contributed by atoms with E-state index in [1.54, 1.807) is 0 Å². The SMILES string of the molecule is OC(C[NH2+]CCC(O)c1ccccc1)COc1ccccc1.[Cl-]. The van der Waals surface area contributed by atoms with Gasteiger partial charge in [0.05, 0.1) is 12.6 Å². The highest BCUT2D eigenvalue weighted by Crippen LogP contribution is 2.14. The first-order chi connectivity index (χ1) is 10.8. The maximum atomic E-state index is 10.0. The van der Waals surface area contributed by atoms with E-state index in [0.717, 1.165) is 17.9 Å². The third-order valence-corrected chi connectivity index (χ3v) is 3.45. The highest BCUT2D eigenvalue weighted by atomic mass is 35.5. The molecule has 0 saturated carbocycles. The Morgan fingerprint density at radius 1 is 0.913 bits per heavy atom. The Morgan fingerprint density at radius 3 is 2.17 bits per heavy atom. The van der Waals surface area contributed by atoms with Crippen molar-refractivity contribution in [2.75, 3.05) is 19.7 Å². The third kappa shape index (κ3) is 7.48. The molecule has 0 aliphatic rings. The lowest BCUT2D eigenvalue weighted by atomic mass is 10.1. The van der Waals surface area contributed by atoms with Crippen LogP contribution in [0.1, 0.15) is 18.1 Å². The Hall–Kier alpha value is -1.59. The fraction of sp³-hybridized carbons (Fsp3) is 0.333. The largest absolute Gasteiger partial charge is 1.00 e. The number of ether oxygens (including phenoxy) is 1. The summed E-state index contributed by atoms with van der Waals surface area (Å²) in [7, 11) is 0. The number of benzene rings is 2. The second-order valence-electron chi connectivity index (χ2n) is 5.31. The average Bonchev–Trinajstić information content (AvgIpc) is 2.58. The van der Waals surface area contributed by atoms with Gasteiger partial charge in [-0.3, -0.25) is 0 Å². The highest BCUT2D eigenvalue weighted by Gasteiger charge is 2.10. The molecule has 2 aromatic rings. The number of hydrogen-bond donors (Lipinski definition) is 3. The minimum absolute atomic E-state index is 0. The summed E-state index contributed by atoms with van der Waals surface area (Å²) in [4.78, 5) is 0. The first-order valence-electron chi connectivity index (χ1n) is 7.66. The van der Waals surface area contributed by atoms with Gasteiger partial charge < -0.3 is 32.7 Å². The Kier molecular flexibility index (Phi) is 9.33. The van der Waals surface area contributed by atoms with E-state index in [1.807, 2.05) is 66.0 Å². The van der Waals surface area contributed by atoms with Crippen molar-refractivity contribution in [1.29, 1.82) is 0 Å². The van der Waals surface area contributed by atoms with Gasteiger partial charge in [0.25, 0.3) is 0 Å². The van der Waals surface area contributed by atoms with Crippen LogP contribution in [-0.4, -0.2) is 36.0 Å². The highest BCUT2D eigenvalue weighted by molar-refractivity contribution is 5.20. The Bertz CT molecular complexity index is 524. The standard InChI is InChI=1S/C18H23NO3.ClH/c20-16(14-22-17-9-5-2-6-10-17)13-19-12-11-18(21)15-7-3-1-4-8-15;/h1-10,16,18-21H,11-14H2;1H. The molecule has 5 heteroatoms. The van der Waals surface area contributed by atoms with Crippen LogP contribution in [0.4, 0.5) is 0 Å². The van der Waals surface area contributed by atoms with Gasteiger partial charge in [-0.05, 0) is 17.7 Å². The quantitative estimate of drug-likeness (QED) is 0.469. The van der Waals surface area contributed by atoms with E-state index in [4.69, 9.17) is 4.74 Å². The lowest BCUT2D eigenvalue weighted by molar-refractivity contribution is -0.662. The Balaban J connectivity index is 0.00000264. The van der Waals surface area contributed by atoms with E-state index in [1.165, 1.54) is 0 Å². The maximum absolute atomic E-state index is 10.0. The summed E-state index contributed by atoms with van der Waals surface area (Å²) in [6.07, 6.45) is -0.305. The Morgan fingerprint density at radius 2 is 1.52 bits per heavy atom. The monoisotopic (exact) mass is 337 g/mol. The summed E-state index contributed by atoms with van der Waals surface area (Å²) in [5, 5.41) is 21.9. The molecule has 0 heterocycles. The fourth-order valence-electron chi connectivity index (χ4n) is 2.20. The van der Waals surface area contributed by atoms with E-state index in [-0.39, 0.29) is 19.0 Å². The molecule has 0 fully saturated rings. The van der Waals surface area contributed by atoms with Gasteiger partial charge in [0.15, 0.2) is 0 Å². The predicted molar refractivity (Wildman–Crippen MR) is 85.6 cm³/mol. The van der Waals surface area contributed by atoms with Gasteiger partial charge >= 0.3 is 0 Å². The second-order valence-corrected chi connectivity index (χ2v) is 5.31. The molecule has 4 nitrogen and oxygen atoms in total. The van der Waals surface area contributed by atoms with Crippen LogP contribution >= 0.6 is 0 Å². The van der Waals surface area contributed by atoms with Gasteiger partial charge in [0.2, 0.25) is 0 Å². The molecular weight excluding hydrogens is 314 g/mol. The zero-order chi connectivity index (χ0) is 15.6. The number of hydrogen-bond acceptors (Lipinski definition) is 3. The molecular formula is C18H24ClNO3. The molecule has 0 bridgehead atoms. The van der Waals surface area contributed by atoms with Gasteiger partial charge in [-0.1, -0.05) is 48.5 Å². The molecule has 4 N–H and O–H groups in total. The van der Waals surface area contributed by atoms with Crippen LogP contribution in [0, 0.1) is 0 Å². The van der Waals surface area contributed by atoms with Crippen molar-refractivity contribution in [3.8, 4) is 5.75 Å². The van der Waals surface area contributed by atoms with Crippen LogP contribution in [0.5, 0.6) is 5.75 Å². The molecule has 0 amide bonds. The van der Waals surface area contributed by atoms with Gasteiger partial charge in [-0.25, -0.2) is 0 Å². The molecule has 0 saturated heterocycles. The summed E-state index contributed by atoms with van der Waals surface area (Å²) >= 11 is 0. The van der Waals surface area contributed by atoms with Gasteiger partial charge in [-0.2, -0.15) is 0 Å². The fourth-order valence-corrected chi connectivity index (χ4v) is 2.20. The molecule has 0 spiro atoms. The first-order valence-corrected chi connectivity index (χ1v) is 7.66. The minimum atomic E-state index is -0.519. The molecule has 0 aromatic heterocycles. The topological polar surface area (TPSA) is 66.3 Å². The number of aliphatic hydroxyl groups is 2. The first kappa shape index (κ1) is 19.5. The molecule has 126 valence electrons. The van der Waals surface area contributed by atoms with Crippen LogP contribution in [0.25, 0.3) is 0 Å². The van der Waals surface area contributed by atoms with Crippen LogP contribution < -0.4 is 22.5 Å². The number of para-hydroxylation sites is 1. The Labute approximate surface area is 143 Å². The van der Waals surface area contributed by atoms with E-state index in [9.17, 15) is 10.2 Å². The van der Waals surface area contributed by atoms with Crippen molar-refractivity contribution in [2.45, 2.75) is 18.6 Å². The van der Waals surface area contributed by atoms with Gasteiger partial charge in [0.1, 0.15) is 25.0 Å². The number of halogens is 1. The normalized spacial score (nSPS) is 13.0. The van der Waals surface area contributed by atoms with Crippen molar-refractivity contribution in [1.82, 2.24) is 0 Å². The third-order valence-electron chi connectivity index (χ3n) is 3.45. The number of rotatable bonds is 9. The van der Waals surface area contributed by atoms with E-state index in [2.05, 4.69) is 0 Å². The number of nitrogens with two attached hydrogens (primary N) is 1. The summed E-state index contributed by atoms with van der Waals surface area (Å²) in [6, 6.07) is 19.1. The van der Waals surface area contributed by atoms with Gasteiger partial charge in [-0.15, -0.1) is 0 Å². The van der Waals surface area contributed by atoms with Crippen molar-refractivity contribution < 1.29 is 32.7 Å². The molecule has 2 rings (SSSR count). The van der Waals surface area contributed by atoms with Crippen LogP contribution in [0.2, 0.25) is 0 Å². The molecule has 2 atom stereocenters. The molecule has 2 unspecified atom stereocenters. The molecule has 0 radical (unpaired) electrons. The molecule has 23 heavy (non-hydrogen) atoms.